The summed E-state index contributed by atoms with van der Waals surface area (Å²) in [6.45, 7) is -0.154. The number of aliphatic hydroxyl groups excluding tert-OH is 1. The van der Waals surface area contributed by atoms with Crippen LogP contribution in [-0.2, 0) is 6.73 Å². The molecule has 24 heavy (non-hydrogen) atoms. The van der Waals surface area contributed by atoms with Crippen molar-refractivity contribution in [3.05, 3.63) is 54.4 Å². The molecule has 1 N–H and O–H groups in total. The molecule has 0 aliphatic heterocycles. The summed E-state index contributed by atoms with van der Waals surface area (Å²) >= 11 is 0. The molecule has 4 rings (SSSR count). The molecule has 0 saturated carbocycles. The Hall–Kier alpha value is -3.50. The summed E-state index contributed by atoms with van der Waals surface area (Å²) in [5.74, 6) is 0.768. The maximum absolute atomic E-state index is 9.33. The van der Waals surface area contributed by atoms with Crippen LogP contribution in [0.15, 0.2) is 53.3 Å². The zero-order valence-electron chi connectivity index (χ0n) is 12.4. The van der Waals surface area contributed by atoms with E-state index in [1.54, 1.807) is 41.2 Å². The molecular weight excluding hydrogens is 306 g/mol. The van der Waals surface area contributed by atoms with E-state index < -0.39 is 0 Å². The van der Waals surface area contributed by atoms with Gasteiger partial charge in [-0.25, -0.2) is 4.98 Å². The Bertz CT molecular complexity index is 1070. The first-order chi connectivity index (χ1) is 11.8. The van der Waals surface area contributed by atoms with Gasteiger partial charge in [0.05, 0.1) is 11.6 Å². The fraction of sp³-hybridized carbons (Fsp3) is 0.0588. The molecule has 4 aromatic rings. The Morgan fingerprint density at radius 2 is 2.17 bits per heavy atom. The number of hydrogen-bond donors (Lipinski definition) is 1. The second-order valence-electron chi connectivity index (χ2n) is 5.14. The number of pyridine rings is 1. The highest BCUT2D eigenvalue weighted by Gasteiger charge is 2.15. The quantitative estimate of drug-likeness (QED) is 0.623. The molecule has 0 aliphatic carbocycles. The Balaban J connectivity index is 1.81. The van der Waals surface area contributed by atoms with Crippen molar-refractivity contribution in [2.75, 3.05) is 0 Å². The van der Waals surface area contributed by atoms with E-state index in [1.807, 2.05) is 12.1 Å². The number of hydrogen-bond acceptors (Lipinski definition) is 6. The van der Waals surface area contributed by atoms with Crippen molar-refractivity contribution >= 4 is 11.0 Å². The minimum Gasteiger partial charge on any atom is -0.376 e. The number of rotatable bonds is 3. The van der Waals surface area contributed by atoms with E-state index in [4.69, 9.17) is 9.78 Å². The molecule has 0 radical (unpaired) electrons. The average molecular weight is 317 g/mol. The van der Waals surface area contributed by atoms with E-state index in [0.29, 0.717) is 28.5 Å². The van der Waals surface area contributed by atoms with E-state index in [-0.39, 0.29) is 6.73 Å². The number of aliphatic hydroxyl groups is 1. The Labute approximate surface area is 136 Å². The highest BCUT2D eigenvalue weighted by atomic mass is 16.5. The number of nitriles is 1. The van der Waals surface area contributed by atoms with Gasteiger partial charge in [-0.15, -0.1) is 0 Å². The van der Waals surface area contributed by atoms with Gasteiger partial charge in [-0.1, -0.05) is 11.2 Å². The van der Waals surface area contributed by atoms with Gasteiger partial charge in [0.15, 0.2) is 0 Å². The molecule has 0 saturated heterocycles. The van der Waals surface area contributed by atoms with Crippen LogP contribution in [0.2, 0.25) is 0 Å². The zero-order valence-corrected chi connectivity index (χ0v) is 12.4. The Morgan fingerprint density at radius 3 is 3.00 bits per heavy atom. The van der Waals surface area contributed by atoms with Crippen LogP contribution in [0.4, 0.5) is 0 Å². The molecule has 7 nitrogen and oxygen atoms in total. The predicted octanol–water partition coefficient (Wildman–Crippen LogP) is 2.57. The van der Waals surface area contributed by atoms with Crippen molar-refractivity contribution in [2.24, 2.45) is 0 Å². The molecule has 0 atom stereocenters. The average Bonchev–Trinajstić information content (AvgIpc) is 3.28. The van der Waals surface area contributed by atoms with Crippen molar-refractivity contribution in [2.45, 2.75) is 6.73 Å². The summed E-state index contributed by atoms with van der Waals surface area (Å²) in [6.07, 6.45) is 3.38. The number of aromatic nitrogens is 4. The SMILES string of the molecule is N#Cc1cccc(-c2nc(-c3ccnc4c3ccn4CO)no2)c1. The first kappa shape index (κ1) is 14.1. The van der Waals surface area contributed by atoms with Gasteiger partial charge in [0.1, 0.15) is 12.4 Å². The lowest BCUT2D eigenvalue weighted by Crippen LogP contribution is -1.95. The normalized spacial score (nSPS) is 10.8. The molecule has 1 aromatic carbocycles. The molecule has 3 heterocycles. The van der Waals surface area contributed by atoms with Gasteiger partial charge >= 0.3 is 0 Å². The van der Waals surface area contributed by atoms with Crippen molar-refractivity contribution in [1.82, 2.24) is 19.7 Å². The van der Waals surface area contributed by atoms with Crippen LogP contribution in [0.3, 0.4) is 0 Å². The topological polar surface area (TPSA) is 101 Å². The maximum atomic E-state index is 9.33. The molecule has 0 amide bonds. The third-order valence-electron chi connectivity index (χ3n) is 3.72. The molecule has 3 aromatic heterocycles. The zero-order chi connectivity index (χ0) is 16.5. The molecule has 0 spiro atoms. The van der Waals surface area contributed by atoms with Crippen LogP contribution in [0.5, 0.6) is 0 Å². The Kier molecular flexibility index (Phi) is 3.30. The predicted molar refractivity (Wildman–Crippen MR) is 85.4 cm³/mol. The summed E-state index contributed by atoms with van der Waals surface area (Å²) < 4.78 is 6.96. The summed E-state index contributed by atoms with van der Waals surface area (Å²) in [5.41, 5.74) is 2.62. The van der Waals surface area contributed by atoms with Crippen LogP contribution in [0.1, 0.15) is 5.56 Å². The molecule has 0 unspecified atom stereocenters. The molecule has 0 fully saturated rings. The van der Waals surface area contributed by atoms with E-state index >= 15 is 0 Å². The van der Waals surface area contributed by atoms with Gasteiger partial charge in [0.25, 0.3) is 5.89 Å². The minimum absolute atomic E-state index is 0.154. The van der Waals surface area contributed by atoms with Crippen molar-refractivity contribution in [3.63, 3.8) is 0 Å². The Morgan fingerprint density at radius 1 is 1.25 bits per heavy atom. The van der Waals surface area contributed by atoms with Crippen LogP contribution in [0, 0.1) is 11.3 Å². The van der Waals surface area contributed by atoms with Crippen LogP contribution in [0.25, 0.3) is 33.9 Å². The van der Waals surface area contributed by atoms with E-state index in [9.17, 15) is 5.11 Å². The van der Waals surface area contributed by atoms with Crippen LogP contribution < -0.4 is 0 Å². The van der Waals surface area contributed by atoms with E-state index in [2.05, 4.69) is 21.2 Å². The second-order valence-corrected chi connectivity index (χ2v) is 5.14. The molecule has 116 valence electrons. The standard InChI is InChI=1S/C17H11N5O2/c18-9-11-2-1-3-12(8-11)17-20-15(21-24-17)13-4-6-19-16-14(13)5-7-22(16)10-23/h1-8,23H,10H2. The summed E-state index contributed by atoms with van der Waals surface area (Å²) in [5, 5.41) is 23.2. The lowest BCUT2D eigenvalue weighted by atomic mass is 10.1. The van der Waals surface area contributed by atoms with E-state index in [1.165, 1.54) is 0 Å². The van der Waals surface area contributed by atoms with Gasteiger partial charge in [-0.2, -0.15) is 10.2 Å². The minimum atomic E-state index is -0.154. The number of nitrogens with zero attached hydrogens (tertiary/aromatic N) is 5. The largest absolute Gasteiger partial charge is 0.376 e. The summed E-state index contributed by atoms with van der Waals surface area (Å²) in [6, 6.07) is 12.7. The lowest BCUT2D eigenvalue weighted by Gasteiger charge is -2.00. The first-order valence-electron chi connectivity index (χ1n) is 7.19. The van der Waals surface area contributed by atoms with Gasteiger partial charge in [0.2, 0.25) is 5.82 Å². The number of fused-ring (bicyclic) bond motifs is 1. The van der Waals surface area contributed by atoms with Gasteiger partial charge in [-0.3, -0.25) is 0 Å². The van der Waals surface area contributed by atoms with Crippen molar-refractivity contribution in [3.8, 4) is 28.9 Å². The first-order valence-corrected chi connectivity index (χ1v) is 7.19. The third kappa shape index (κ3) is 2.22. The molecular formula is C17H11N5O2. The van der Waals surface area contributed by atoms with Gasteiger partial charge in [-0.05, 0) is 30.3 Å². The highest BCUT2D eigenvalue weighted by molar-refractivity contribution is 5.91. The second kappa shape index (κ2) is 5.61. The van der Waals surface area contributed by atoms with Crippen molar-refractivity contribution < 1.29 is 9.63 Å². The molecule has 7 heteroatoms. The van der Waals surface area contributed by atoms with Crippen LogP contribution >= 0.6 is 0 Å². The van der Waals surface area contributed by atoms with Crippen LogP contribution in [-0.4, -0.2) is 24.8 Å². The summed E-state index contributed by atoms with van der Waals surface area (Å²) in [4.78, 5) is 8.69. The smallest absolute Gasteiger partial charge is 0.258 e. The molecule has 0 bridgehead atoms. The monoisotopic (exact) mass is 317 g/mol. The van der Waals surface area contributed by atoms with Gasteiger partial charge in [0, 0.05) is 28.9 Å². The fourth-order valence-electron chi connectivity index (χ4n) is 2.57. The third-order valence-corrected chi connectivity index (χ3v) is 3.72. The maximum Gasteiger partial charge on any atom is 0.258 e. The highest BCUT2D eigenvalue weighted by Crippen LogP contribution is 2.28. The fourth-order valence-corrected chi connectivity index (χ4v) is 2.57. The summed E-state index contributed by atoms with van der Waals surface area (Å²) in [7, 11) is 0. The molecule has 0 aliphatic rings. The van der Waals surface area contributed by atoms with Crippen molar-refractivity contribution in [1.29, 1.82) is 5.26 Å². The number of benzene rings is 1. The lowest BCUT2D eigenvalue weighted by molar-refractivity contribution is 0.215. The van der Waals surface area contributed by atoms with Gasteiger partial charge < -0.3 is 14.2 Å². The van der Waals surface area contributed by atoms with E-state index in [0.717, 1.165) is 10.9 Å².